The highest BCUT2D eigenvalue weighted by atomic mass is 35.5. The zero-order valence-corrected chi connectivity index (χ0v) is 19.0. The van der Waals surface area contributed by atoms with Crippen LogP contribution in [0.25, 0.3) is 0 Å². The van der Waals surface area contributed by atoms with E-state index in [0.717, 1.165) is 0 Å². The van der Waals surface area contributed by atoms with E-state index in [9.17, 15) is 18.0 Å². The SMILES string of the molecule is COC(=O)c1ccc(CN(C[C@]2(C(N)=O)C=CC=CC2)S(=O)(=O)c2ccc(Cl)cc2)cc1. The zero-order chi connectivity index (χ0) is 23.4. The molecule has 2 N–H and O–H groups in total. The number of halogens is 1. The highest BCUT2D eigenvalue weighted by Gasteiger charge is 2.39. The Morgan fingerprint density at radius 2 is 1.75 bits per heavy atom. The van der Waals surface area contributed by atoms with Gasteiger partial charge in [0.1, 0.15) is 0 Å². The summed E-state index contributed by atoms with van der Waals surface area (Å²) in [7, 11) is -2.72. The van der Waals surface area contributed by atoms with Crippen molar-refractivity contribution in [2.24, 2.45) is 11.1 Å². The summed E-state index contributed by atoms with van der Waals surface area (Å²) in [4.78, 5) is 24.1. The number of nitrogens with zero attached hydrogens (tertiary/aromatic N) is 1. The van der Waals surface area contributed by atoms with Gasteiger partial charge in [0.15, 0.2) is 0 Å². The van der Waals surface area contributed by atoms with Gasteiger partial charge in [0.2, 0.25) is 15.9 Å². The van der Waals surface area contributed by atoms with Crippen LogP contribution in [0.1, 0.15) is 22.3 Å². The first kappa shape index (κ1) is 23.7. The number of hydrogen-bond donors (Lipinski definition) is 1. The first-order valence-corrected chi connectivity index (χ1v) is 11.6. The standard InChI is InChI=1S/C23H23ClN2O5S/c1-31-21(27)18-7-5-17(6-8-18)15-26(16-23(22(25)28)13-3-2-4-14-23)32(29,30)20-11-9-19(24)10-12-20/h2-13H,14-16H2,1H3,(H2,25,28)/t23-/m0/s1. The molecule has 7 nitrogen and oxygen atoms in total. The predicted molar refractivity (Wildman–Crippen MR) is 121 cm³/mol. The summed E-state index contributed by atoms with van der Waals surface area (Å²) in [6, 6.07) is 12.2. The van der Waals surface area contributed by atoms with Crippen LogP contribution in [-0.4, -0.2) is 38.3 Å². The molecule has 2 aromatic rings. The minimum atomic E-state index is -4.00. The lowest BCUT2D eigenvalue weighted by molar-refractivity contribution is -0.125. The Hall–Kier alpha value is -2.94. The minimum absolute atomic E-state index is 0.0288. The van der Waals surface area contributed by atoms with Crippen molar-refractivity contribution >= 4 is 33.5 Å². The van der Waals surface area contributed by atoms with Crippen LogP contribution < -0.4 is 5.73 Å². The number of amides is 1. The Kier molecular flexibility index (Phi) is 7.18. The van der Waals surface area contributed by atoms with Gasteiger partial charge in [-0.05, 0) is 48.4 Å². The van der Waals surface area contributed by atoms with Crippen molar-refractivity contribution in [3.8, 4) is 0 Å². The number of ether oxygens (including phenoxy) is 1. The van der Waals surface area contributed by atoms with Crippen LogP contribution in [0.2, 0.25) is 5.02 Å². The van der Waals surface area contributed by atoms with Crippen LogP contribution in [0.15, 0.2) is 77.7 Å². The summed E-state index contributed by atoms with van der Waals surface area (Å²) < 4.78 is 33.0. The number of sulfonamides is 1. The fraction of sp³-hybridized carbons (Fsp3) is 0.217. The molecule has 2 aromatic carbocycles. The topological polar surface area (TPSA) is 107 Å². The van der Waals surface area contributed by atoms with E-state index < -0.39 is 27.3 Å². The monoisotopic (exact) mass is 474 g/mol. The maximum Gasteiger partial charge on any atom is 0.337 e. The second-order valence-electron chi connectivity index (χ2n) is 7.43. The summed E-state index contributed by atoms with van der Waals surface area (Å²) in [5.41, 5.74) is 5.49. The number of benzene rings is 2. The highest BCUT2D eigenvalue weighted by molar-refractivity contribution is 7.89. The van der Waals surface area contributed by atoms with Gasteiger partial charge >= 0.3 is 5.97 Å². The van der Waals surface area contributed by atoms with Crippen molar-refractivity contribution in [1.29, 1.82) is 0 Å². The first-order valence-electron chi connectivity index (χ1n) is 9.75. The normalized spacial score (nSPS) is 18.0. The fourth-order valence-corrected chi connectivity index (χ4v) is 5.03. The van der Waals surface area contributed by atoms with E-state index in [2.05, 4.69) is 0 Å². The van der Waals surface area contributed by atoms with E-state index in [-0.39, 0.29) is 24.4 Å². The molecule has 0 saturated heterocycles. The van der Waals surface area contributed by atoms with Gasteiger partial charge < -0.3 is 10.5 Å². The van der Waals surface area contributed by atoms with E-state index in [1.807, 2.05) is 0 Å². The van der Waals surface area contributed by atoms with Crippen molar-refractivity contribution in [3.05, 3.63) is 89.0 Å². The number of nitrogens with two attached hydrogens (primary N) is 1. The third-order valence-electron chi connectivity index (χ3n) is 5.28. The molecule has 0 bridgehead atoms. The summed E-state index contributed by atoms with van der Waals surface area (Å²) in [6.45, 7) is -0.175. The van der Waals surface area contributed by atoms with Crippen molar-refractivity contribution in [1.82, 2.24) is 4.31 Å². The molecule has 1 atom stereocenters. The molecule has 1 aliphatic carbocycles. The van der Waals surface area contributed by atoms with Crippen LogP contribution in [0, 0.1) is 5.41 Å². The van der Waals surface area contributed by atoms with Gasteiger partial charge in [-0.1, -0.05) is 48.0 Å². The van der Waals surface area contributed by atoms with Crippen LogP contribution in [-0.2, 0) is 26.1 Å². The third kappa shape index (κ3) is 5.09. The fourth-order valence-electron chi connectivity index (χ4n) is 3.41. The quantitative estimate of drug-likeness (QED) is 0.591. The van der Waals surface area contributed by atoms with Crippen molar-refractivity contribution in [3.63, 3.8) is 0 Å². The number of hydrogen-bond acceptors (Lipinski definition) is 5. The molecule has 0 fully saturated rings. The number of methoxy groups -OCH3 is 1. The number of carbonyl (C=O) groups is 2. The lowest BCUT2D eigenvalue weighted by Crippen LogP contribution is -2.47. The average Bonchev–Trinajstić information content (AvgIpc) is 2.79. The maximum absolute atomic E-state index is 13.5. The Morgan fingerprint density at radius 1 is 1.09 bits per heavy atom. The molecule has 0 unspecified atom stereocenters. The van der Waals surface area contributed by atoms with E-state index in [1.54, 1.807) is 48.6 Å². The van der Waals surface area contributed by atoms with Gasteiger partial charge in [0.25, 0.3) is 0 Å². The molecule has 1 amide bonds. The molecular weight excluding hydrogens is 452 g/mol. The van der Waals surface area contributed by atoms with Gasteiger partial charge in [-0.2, -0.15) is 4.31 Å². The molecule has 0 aromatic heterocycles. The molecule has 1 aliphatic rings. The van der Waals surface area contributed by atoms with E-state index in [1.165, 1.54) is 35.7 Å². The Bertz CT molecular complexity index is 1160. The Labute approximate surface area is 192 Å². The molecule has 3 rings (SSSR count). The molecule has 32 heavy (non-hydrogen) atoms. The summed E-state index contributed by atoms with van der Waals surface area (Å²) in [6.07, 6.45) is 7.17. The second kappa shape index (κ2) is 9.68. The number of rotatable bonds is 8. The van der Waals surface area contributed by atoms with Crippen LogP contribution in [0.3, 0.4) is 0 Å². The van der Waals surface area contributed by atoms with Crippen molar-refractivity contribution in [2.45, 2.75) is 17.9 Å². The minimum Gasteiger partial charge on any atom is -0.465 e. The summed E-state index contributed by atoms with van der Waals surface area (Å²) in [5.74, 6) is -1.11. The molecule has 0 aliphatic heterocycles. The molecular formula is C23H23ClN2O5S. The number of allylic oxidation sites excluding steroid dienone is 3. The summed E-state index contributed by atoms with van der Waals surface area (Å²) >= 11 is 5.92. The summed E-state index contributed by atoms with van der Waals surface area (Å²) in [5, 5.41) is 0.405. The largest absolute Gasteiger partial charge is 0.465 e. The van der Waals surface area contributed by atoms with Crippen molar-refractivity contribution < 1.29 is 22.7 Å². The average molecular weight is 475 g/mol. The number of carbonyl (C=O) groups excluding carboxylic acids is 2. The Balaban J connectivity index is 2.00. The van der Waals surface area contributed by atoms with Crippen molar-refractivity contribution in [2.75, 3.05) is 13.7 Å². The van der Waals surface area contributed by atoms with Gasteiger partial charge in [-0.15, -0.1) is 0 Å². The van der Waals surface area contributed by atoms with Crippen LogP contribution >= 0.6 is 11.6 Å². The molecule has 0 heterocycles. The van der Waals surface area contributed by atoms with E-state index in [4.69, 9.17) is 22.1 Å². The lowest BCUT2D eigenvalue weighted by atomic mass is 9.80. The van der Waals surface area contributed by atoms with Gasteiger partial charge in [-0.25, -0.2) is 13.2 Å². The number of esters is 1. The smallest absolute Gasteiger partial charge is 0.337 e. The third-order valence-corrected chi connectivity index (χ3v) is 7.34. The molecule has 0 spiro atoms. The van der Waals surface area contributed by atoms with Crippen LogP contribution in [0.5, 0.6) is 0 Å². The first-order chi connectivity index (χ1) is 15.2. The maximum atomic E-state index is 13.5. The van der Waals surface area contributed by atoms with E-state index in [0.29, 0.717) is 16.1 Å². The highest BCUT2D eigenvalue weighted by Crippen LogP contribution is 2.32. The van der Waals surface area contributed by atoms with Gasteiger partial charge in [0, 0.05) is 18.1 Å². The predicted octanol–water partition coefficient (Wildman–Crippen LogP) is 3.31. The molecule has 0 saturated carbocycles. The Morgan fingerprint density at radius 3 is 2.28 bits per heavy atom. The van der Waals surface area contributed by atoms with Gasteiger partial charge in [0.05, 0.1) is 23.0 Å². The zero-order valence-electron chi connectivity index (χ0n) is 17.4. The molecule has 0 radical (unpaired) electrons. The lowest BCUT2D eigenvalue weighted by Gasteiger charge is -2.34. The molecule has 168 valence electrons. The van der Waals surface area contributed by atoms with Crippen LogP contribution in [0.4, 0.5) is 0 Å². The van der Waals surface area contributed by atoms with E-state index >= 15 is 0 Å². The van der Waals surface area contributed by atoms with Gasteiger partial charge in [-0.3, -0.25) is 4.79 Å². The second-order valence-corrected chi connectivity index (χ2v) is 9.80. The molecule has 9 heteroatoms. The number of primary amides is 1.